The van der Waals surface area contributed by atoms with E-state index < -0.39 is 0 Å². The van der Waals surface area contributed by atoms with Crippen molar-refractivity contribution in [3.63, 3.8) is 0 Å². The van der Waals surface area contributed by atoms with E-state index in [1.54, 1.807) is 6.07 Å². The van der Waals surface area contributed by atoms with Crippen LogP contribution in [-0.4, -0.2) is 30.6 Å². The molecule has 1 heterocycles. The fraction of sp³-hybridized carbons (Fsp3) is 0.533. The van der Waals surface area contributed by atoms with Gasteiger partial charge in [-0.15, -0.1) is 0 Å². The summed E-state index contributed by atoms with van der Waals surface area (Å²) < 4.78 is 13.1. The SMILES string of the molecule is CCCN(Cc1ccc(F)cc1C#N)C1CCNC1. The third kappa shape index (κ3) is 3.52. The lowest BCUT2D eigenvalue weighted by Crippen LogP contribution is -2.37. The lowest BCUT2D eigenvalue weighted by atomic mass is 10.1. The molecule has 0 bridgehead atoms. The molecule has 1 unspecified atom stereocenters. The zero-order chi connectivity index (χ0) is 13.7. The van der Waals surface area contributed by atoms with Crippen LogP contribution in [0.5, 0.6) is 0 Å². The molecule has 0 spiro atoms. The van der Waals surface area contributed by atoms with Crippen molar-refractivity contribution >= 4 is 0 Å². The number of rotatable bonds is 5. The maximum atomic E-state index is 13.1. The normalized spacial score (nSPS) is 18.7. The molecule has 3 nitrogen and oxygen atoms in total. The average Bonchev–Trinajstić information content (AvgIpc) is 2.94. The number of nitrogens with zero attached hydrogens (tertiary/aromatic N) is 2. The third-order valence-corrected chi connectivity index (χ3v) is 3.63. The first-order chi connectivity index (χ1) is 9.24. The Kier molecular flexibility index (Phi) is 4.89. The summed E-state index contributed by atoms with van der Waals surface area (Å²) in [6, 6.07) is 7.12. The summed E-state index contributed by atoms with van der Waals surface area (Å²) in [5.41, 5.74) is 1.37. The Labute approximate surface area is 114 Å². The van der Waals surface area contributed by atoms with Crippen LogP contribution in [0.2, 0.25) is 0 Å². The van der Waals surface area contributed by atoms with Gasteiger partial charge in [-0.2, -0.15) is 5.26 Å². The highest BCUT2D eigenvalue weighted by molar-refractivity contribution is 5.37. The van der Waals surface area contributed by atoms with Crippen LogP contribution in [0, 0.1) is 17.1 Å². The summed E-state index contributed by atoms with van der Waals surface area (Å²) in [4.78, 5) is 2.40. The fourth-order valence-corrected chi connectivity index (χ4v) is 2.64. The molecule has 19 heavy (non-hydrogen) atoms. The Morgan fingerprint density at radius 1 is 1.53 bits per heavy atom. The standard InChI is InChI=1S/C15H20FN3/c1-2-7-19(15-5-6-18-10-15)11-12-3-4-14(16)8-13(12)9-17/h3-4,8,15,18H,2,5-7,10-11H2,1H3. The number of hydrogen-bond donors (Lipinski definition) is 1. The van der Waals surface area contributed by atoms with Crippen LogP contribution >= 0.6 is 0 Å². The lowest BCUT2D eigenvalue weighted by molar-refractivity contribution is 0.199. The van der Waals surface area contributed by atoms with Crippen LogP contribution in [0.1, 0.15) is 30.9 Å². The molecule has 4 heteroatoms. The largest absolute Gasteiger partial charge is 0.315 e. The Bertz CT molecular complexity index is 461. The van der Waals surface area contributed by atoms with E-state index in [2.05, 4.69) is 23.2 Å². The Balaban J connectivity index is 2.14. The van der Waals surface area contributed by atoms with E-state index in [9.17, 15) is 4.39 Å². The molecular formula is C15H20FN3. The highest BCUT2D eigenvalue weighted by Crippen LogP contribution is 2.17. The van der Waals surface area contributed by atoms with Gasteiger partial charge < -0.3 is 5.32 Å². The van der Waals surface area contributed by atoms with Gasteiger partial charge in [-0.3, -0.25) is 4.90 Å². The van der Waals surface area contributed by atoms with E-state index in [1.165, 1.54) is 12.1 Å². The minimum Gasteiger partial charge on any atom is -0.315 e. The molecule has 1 N–H and O–H groups in total. The number of hydrogen-bond acceptors (Lipinski definition) is 3. The van der Waals surface area contributed by atoms with Gasteiger partial charge in [-0.1, -0.05) is 13.0 Å². The van der Waals surface area contributed by atoms with Crippen molar-refractivity contribution in [3.8, 4) is 6.07 Å². The summed E-state index contributed by atoms with van der Waals surface area (Å²) in [5, 5.41) is 12.5. The summed E-state index contributed by atoms with van der Waals surface area (Å²) >= 11 is 0. The molecule has 1 atom stereocenters. The van der Waals surface area contributed by atoms with E-state index in [0.29, 0.717) is 11.6 Å². The zero-order valence-electron chi connectivity index (χ0n) is 11.3. The van der Waals surface area contributed by atoms with Gasteiger partial charge in [0.15, 0.2) is 0 Å². The predicted octanol–water partition coefficient (Wildman–Crippen LogP) is 2.27. The average molecular weight is 261 g/mol. The van der Waals surface area contributed by atoms with Crippen molar-refractivity contribution in [3.05, 3.63) is 35.1 Å². The summed E-state index contributed by atoms with van der Waals surface area (Å²) in [5.74, 6) is -0.343. The number of nitrogens with one attached hydrogen (secondary N) is 1. The molecule has 1 saturated heterocycles. The monoisotopic (exact) mass is 261 g/mol. The zero-order valence-corrected chi connectivity index (χ0v) is 11.3. The van der Waals surface area contributed by atoms with Gasteiger partial charge in [0.2, 0.25) is 0 Å². The van der Waals surface area contributed by atoms with E-state index in [-0.39, 0.29) is 5.82 Å². The van der Waals surface area contributed by atoms with Crippen molar-refractivity contribution < 1.29 is 4.39 Å². The molecule has 0 radical (unpaired) electrons. The molecule has 1 aromatic rings. The number of benzene rings is 1. The van der Waals surface area contributed by atoms with Crippen LogP contribution in [0.15, 0.2) is 18.2 Å². The summed E-state index contributed by atoms with van der Waals surface area (Å²) in [6.07, 6.45) is 2.22. The molecule has 1 aromatic carbocycles. The van der Waals surface area contributed by atoms with Crippen molar-refractivity contribution in [2.75, 3.05) is 19.6 Å². The molecule has 0 aliphatic carbocycles. The Morgan fingerprint density at radius 2 is 2.37 bits per heavy atom. The van der Waals surface area contributed by atoms with Crippen LogP contribution in [-0.2, 0) is 6.54 Å². The van der Waals surface area contributed by atoms with Crippen molar-refractivity contribution in [2.45, 2.75) is 32.4 Å². The van der Waals surface area contributed by atoms with Crippen molar-refractivity contribution in [1.82, 2.24) is 10.2 Å². The maximum Gasteiger partial charge on any atom is 0.124 e. The molecule has 102 valence electrons. The first-order valence-electron chi connectivity index (χ1n) is 6.88. The Morgan fingerprint density at radius 3 is 3.00 bits per heavy atom. The second-order valence-electron chi connectivity index (χ2n) is 5.03. The summed E-state index contributed by atoms with van der Waals surface area (Å²) in [7, 11) is 0. The molecule has 0 saturated carbocycles. The molecule has 1 aliphatic heterocycles. The minimum absolute atomic E-state index is 0.343. The van der Waals surface area contributed by atoms with Gasteiger partial charge in [0.1, 0.15) is 5.82 Å². The van der Waals surface area contributed by atoms with E-state index in [4.69, 9.17) is 5.26 Å². The first-order valence-corrected chi connectivity index (χ1v) is 6.88. The highest BCUT2D eigenvalue weighted by atomic mass is 19.1. The van der Waals surface area contributed by atoms with Crippen LogP contribution < -0.4 is 5.32 Å². The second-order valence-corrected chi connectivity index (χ2v) is 5.03. The molecule has 0 aromatic heterocycles. The van der Waals surface area contributed by atoms with E-state index >= 15 is 0 Å². The fourth-order valence-electron chi connectivity index (χ4n) is 2.64. The van der Waals surface area contributed by atoms with Gasteiger partial charge in [0.25, 0.3) is 0 Å². The maximum absolute atomic E-state index is 13.1. The molecule has 2 rings (SSSR count). The second kappa shape index (κ2) is 6.65. The third-order valence-electron chi connectivity index (χ3n) is 3.63. The molecule has 1 fully saturated rings. The number of nitriles is 1. The molecular weight excluding hydrogens is 241 g/mol. The quantitative estimate of drug-likeness (QED) is 0.883. The van der Waals surface area contributed by atoms with Gasteiger partial charge in [0.05, 0.1) is 11.6 Å². The number of halogens is 1. The van der Waals surface area contributed by atoms with Crippen molar-refractivity contribution in [1.29, 1.82) is 5.26 Å². The highest BCUT2D eigenvalue weighted by Gasteiger charge is 2.22. The first kappa shape index (κ1) is 14.0. The summed E-state index contributed by atoms with van der Waals surface area (Å²) in [6.45, 7) is 5.95. The van der Waals surface area contributed by atoms with Gasteiger partial charge in [-0.05, 0) is 43.6 Å². The lowest BCUT2D eigenvalue weighted by Gasteiger charge is -2.28. The minimum atomic E-state index is -0.343. The van der Waals surface area contributed by atoms with Gasteiger partial charge in [-0.25, -0.2) is 4.39 Å². The van der Waals surface area contributed by atoms with Gasteiger partial charge in [0, 0.05) is 19.1 Å². The van der Waals surface area contributed by atoms with E-state index in [1.807, 2.05) is 0 Å². The van der Waals surface area contributed by atoms with Crippen LogP contribution in [0.4, 0.5) is 4.39 Å². The van der Waals surface area contributed by atoms with Crippen molar-refractivity contribution in [2.24, 2.45) is 0 Å². The van der Waals surface area contributed by atoms with Gasteiger partial charge >= 0.3 is 0 Å². The Hall–Kier alpha value is -1.44. The van der Waals surface area contributed by atoms with Crippen LogP contribution in [0.25, 0.3) is 0 Å². The van der Waals surface area contributed by atoms with Crippen LogP contribution in [0.3, 0.4) is 0 Å². The predicted molar refractivity (Wildman–Crippen MR) is 73.1 cm³/mol. The molecule has 1 aliphatic rings. The van der Waals surface area contributed by atoms with E-state index in [0.717, 1.165) is 44.6 Å². The topological polar surface area (TPSA) is 39.1 Å². The smallest absolute Gasteiger partial charge is 0.124 e. The molecule has 0 amide bonds.